The maximum Gasteiger partial charge on any atom is 0.222 e. The molecule has 0 spiro atoms. The Morgan fingerprint density at radius 1 is 0.923 bits per heavy atom. The van der Waals surface area contributed by atoms with E-state index in [1.54, 1.807) is 0 Å². The van der Waals surface area contributed by atoms with Gasteiger partial charge in [-0.05, 0) is 67.9 Å². The lowest BCUT2D eigenvalue weighted by Crippen LogP contribution is -2.42. The van der Waals surface area contributed by atoms with Crippen molar-refractivity contribution >= 4 is 5.91 Å². The summed E-state index contributed by atoms with van der Waals surface area (Å²) < 4.78 is 0. The number of β-amino-alcohol motifs (C(OH)–C–C–N with tert-alkyl or cyclic N) is 1. The molecule has 2 rings (SSSR count). The average Bonchev–Trinajstić information content (AvgIpc) is 2.60. The summed E-state index contributed by atoms with van der Waals surface area (Å²) in [7, 11) is 0. The minimum atomic E-state index is 0.227. The monoisotopic (exact) mass is 366 g/mol. The van der Waals surface area contributed by atoms with Crippen LogP contribution >= 0.6 is 0 Å². The molecule has 0 atom stereocenters. The van der Waals surface area contributed by atoms with Crippen LogP contribution in [0.1, 0.15) is 73.1 Å². The Kier molecular flexibility index (Phi) is 7.55. The zero-order chi connectivity index (χ0) is 19.4. The molecular weight excluding hydrogens is 324 g/mol. The van der Waals surface area contributed by atoms with Gasteiger partial charge in [-0.2, -0.15) is 0 Å². The van der Waals surface area contributed by atoms with E-state index < -0.39 is 0 Å². The van der Waals surface area contributed by atoms with Gasteiger partial charge in [0.25, 0.3) is 0 Å². The van der Waals surface area contributed by atoms with Gasteiger partial charge in [-0.15, -0.1) is 0 Å². The lowest BCUT2D eigenvalue weighted by molar-refractivity contribution is -0.134. The van der Waals surface area contributed by atoms with Crippen molar-refractivity contribution in [3.8, 4) is 0 Å². The minimum Gasteiger partial charge on any atom is -0.395 e. The molecule has 0 unspecified atom stereocenters. The van der Waals surface area contributed by atoms with Crippen LogP contribution in [0.2, 0.25) is 0 Å². The van der Waals surface area contributed by atoms with Crippen molar-refractivity contribution in [1.29, 1.82) is 0 Å². The third kappa shape index (κ3) is 5.95. The summed E-state index contributed by atoms with van der Waals surface area (Å²) >= 11 is 0. The quantitative estimate of drug-likeness (QED) is 0.778. The number of hydrogen-bond acceptors (Lipinski definition) is 3. The first-order valence-corrected chi connectivity index (χ1v) is 10.7. The number of amides is 1. The normalized spacial score (nSPS) is 22.0. The van der Waals surface area contributed by atoms with Crippen molar-refractivity contribution in [2.75, 3.05) is 39.3 Å². The van der Waals surface area contributed by atoms with Crippen molar-refractivity contribution < 1.29 is 9.90 Å². The van der Waals surface area contributed by atoms with Crippen LogP contribution in [0.15, 0.2) is 0 Å². The van der Waals surface area contributed by atoms with E-state index in [0.29, 0.717) is 23.7 Å². The van der Waals surface area contributed by atoms with Crippen molar-refractivity contribution in [3.63, 3.8) is 0 Å². The number of carbonyl (C=O) groups excluding carboxylic acids is 1. The maximum absolute atomic E-state index is 12.7. The Morgan fingerprint density at radius 3 is 1.96 bits per heavy atom. The van der Waals surface area contributed by atoms with Crippen LogP contribution < -0.4 is 0 Å². The van der Waals surface area contributed by atoms with Crippen LogP contribution in [-0.2, 0) is 4.79 Å². The van der Waals surface area contributed by atoms with Crippen LogP contribution in [0.4, 0.5) is 0 Å². The molecule has 2 fully saturated rings. The summed E-state index contributed by atoms with van der Waals surface area (Å²) in [4.78, 5) is 17.2. The van der Waals surface area contributed by atoms with Gasteiger partial charge in [0.2, 0.25) is 5.91 Å². The van der Waals surface area contributed by atoms with E-state index in [4.69, 9.17) is 5.11 Å². The van der Waals surface area contributed by atoms with Gasteiger partial charge in [-0.3, -0.25) is 4.79 Å². The third-order valence-electron chi connectivity index (χ3n) is 7.16. The molecule has 2 saturated heterocycles. The number of aliphatic hydroxyl groups excluding tert-OH is 1. The molecule has 4 nitrogen and oxygen atoms in total. The molecule has 0 aliphatic carbocycles. The van der Waals surface area contributed by atoms with E-state index >= 15 is 0 Å². The summed E-state index contributed by atoms with van der Waals surface area (Å²) in [5, 5.41) is 9.09. The first-order chi connectivity index (χ1) is 12.1. The predicted molar refractivity (Wildman–Crippen MR) is 108 cm³/mol. The van der Waals surface area contributed by atoms with Crippen LogP contribution in [-0.4, -0.2) is 60.1 Å². The van der Waals surface area contributed by atoms with Gasteiger partial charge in [0, 0.05) is 26.1 Å². The summed E-state index contributed by atoms with van der Waals surface area (Å²) in [5.41, 5.74) is 0.590. The number of rotatable bonds is 6. The topological polar surface area (TPSA) is 43.8 Å². The molecule has 1 N–H and O–H groups in total. The number of piperidine rings is 2. The summed E-state index contributed by atoms with van der Waals surface area (Å²) in [5.74, 6) is 1.80. The highest BCUT2D eigenvalue weighted by Crippen LogP contribution is 2.39. The second-order valence-corrected chi connectivity index (χ2v) is 10.3. The second kappa shape index (κ2) is 9.05. The van der Waals surface area contributed by atoms with Crippen LogP contribution in [0.5, 0.6) is 0 Å². The molecular formula is C22H42N2O2. The second-order valence-electron chi connectivity index (χ2n) is 10.3. The number of hydrogen-bond donors (Lipinski definition) is 1. The molecule has 2 aliphatic heterocycles. The Balaban J connectivity index is 1.74. The zero-order valence-electron chi connectivity index (χ0n) is 17.9. The van der Waals surface area contributed by atoms with Gasteiger partial charge >= 0.3 is 0 Å². The minimum absolute atomic E-state index is 0.227. The van der Waals surface area contributed by atoms with Crippen LogP contribution in [0, 0.1) is 22.7 Å². The van der Waals surface area contributed by atoms with Crippen LogP contribution in [0.3, 0.4) is 0 Å². The predicted octanol–water partition coefficient (Wildman–Crippen LogP) is 3.78. The van der Waals surface area contributed by atoms with Gasteiger partial charge < -0.3 is 14.9 Å². The van der Waals surface area contributed by atoms with E-state index in [1.165, 1.54) is 12.8 Å². The standard InChI is InChI=1S/C22H42N2O2/c1-21(2,3)18-9-14-24(15-10-18)20(26)6-11-22(4,5)19-7-12-23(13-8-19)16-17-25/h18-19,25H,6-17H2,1-5H3. The van der Waals surface area contributed by atoms with E-state index in [0.717, 1.165) is 57.9 Å². The molecule has 26 heavy (non-hydrogen) atoms. The first kappa shape index (κ1) is 21.7. The van der Waals surface area contributed by atoms with Crippen molar-refractivity contribution in [3.05, 3.63) is 0 Å². The fraction of sp³-hybridized carbons (Fsp3) is 0.955. The van der Waals surface area contributed by atoms with E-state index in [2.05, 4.69) is 44.4 Å². The van der Waals surface area contributed by atoms with Crippen LogP contribution in [0.25, 0.3) is 0 Å². The van der Waals surface area contributed by atoms with Crippen molar-refractivity contribution in [2.45, 2.75) is 73.1 Å². The fourth-order valence-electron chi connectivity index (χ4n) is 4.87. The van der Waals surface area contributed by atoms with Gasteiger partial charge in [-0.25, -0.2) is 0 Å². The number of nitrogens with zero attached hydrogens (tertiary/aromatic N) is 2. The molecule has 0 saturated carbocycles. The lowest BCUT2D eigenvalue weighted by atomic mass is 9.71. The molecule has 0 bridgehead atoms. The molecule has 1 amide bonds. The van der Waals surface area contributed by atoms with Crippen molar-refractivity contribution in [1.82, 2.24) is 9.80 Å². The van der Waals surface area contributed by atoms with Gasteiger partial charge in [-0.1, -0.05) is 34.6 Å². The Labute approximate surface area is 161 Å². The highest BCUT2D eigenvalue weighted by Gasteiger charge is 2.34. The average molecular weight is 367 g/mol. The number of aliphatic hydroxyl groups is 1. The Hall–Kier alpha value is -0.610. The van der Waals surface area contributed by atoms with Gasteiger partial charge in [0.1, 0.15) is 0 Å². The van der Waals surface area contributed by atoms with Gasteiger partial charge in [0.15, 0.2) is 0 Å². The molecule has 152 valence electrons. The van der Waals surface area contributed by atoms with Crippen molar-refractivity contribution in [2.24, 2.45) is 22.7 Å². The highest BCUT2D eigenvalue weighted by molar-refractivity contribution is 5.76. The third-order valence-corrected chi connectivity index (χ3v) is 7.16. The highest BCUT2D eigenvalue weighted by atomic mass is 16.3. The van der Waals surface area contributed by atoms with Gasteiger partial charge in [0.05, 0.1) is 6.61 Å². The Bertz CT molecular complexity index is 440. The molecule has 0 radical (unpaired) electrons. The first-order valence-electron chi connectivity index (χ1n) is 10.7. The summed E-state index contributed by atoms with van der Waals surface area (Å²) in [6.45, 7) is 16.8. The molecule has 0 aromatic heterocycles. The Morgan fingerprint density at radius 2 is 1.46 bits per heavy atom. The molecule has 2 aliphatic rings. The maximum atomic E-state index is 12.7. The summed E-state index contributed by atoms with van der Waals surface area (Å²) in [6.07, 6.45) is 6.39. The SMILES string of the molecule is CC(C)(C)C1CCN(C(=O)CCC(C)(C)C2CCN(CCO)CC2)CC1. The number of likely N-dealkylation sites (tertiary alicyclic amines) is 2. The number of carbonyl (C=O) groups is 1. The molecule has 2 heterocycles. The van der Waals surface area contributed by atoms with E-state index in [9.17, 15) is 4.79 Å². The largest absolute Gasteiger partial charge is 0.395 e. The zero-order valence-corrected chi connectivity index (χ0v) is 17.9. The lowest BCUT2D eigenvalue weighted by Gasteiger charge is -2.41. The molecule has 0 aromatic carbocycles. The molecule has 4 heteroatoms. The summed E-state index contributed by atoms with van der Waals surface area (Å²) in [6, 6.07) is 0. The van der Waals surface area contributed by atoms with E-state index in [-0.39, 0.29) is 12.0 Å². The fourth-order valence-corrected chi connectivity index (χ4v) is 4.87. The smallest absolute Gasteiger partial charge is 0.222 e. The van der Waals surface area contributed by atoms with E-state index in [1.807, 2.05) is 0 Å². The molecule has 0 aromatic rings.